The van der Waals surface area contributed by atoms with Crippen LogP contribution in [0.4, 0.5) is 11.4 Å². The summed E-state index contributed by atoms with van der Waals surface area (Å²) in [6.45, 7) is 8.35. The Hall–Kier alpha value is -3.65. The predicted molar refractivity (Wildman–Crippen MR) is 158 cm³/mol. The molecule has 7 nitrogen and oxygen atoms in total. The van der Waals surface area contributed by atoms with Crippen molar-refractivity contribution >= 4 is 45.1 Å². The lowest BCUT2D eigenvalue weighted by Gasteiger charge is -2.18. The van der Waals surface area contributed by atoms with E-state index in [1.807, 2.05) is 30.3 Å². The Morgan fingerprint density at radius 1 is 1.05 bits per heavy atom. The van der Waals surface area contributed by atoms with Crippen LogP contribution in [0.2, 0.25) is 0 Å². The minimum absolute atomic E-state index is 0.167. The number of fused-ring (bicyclic) bond motifs is 1. The van der Waals surface area contributed by atoms with Crippen LogP contribution in [0.1, 0.15) is 47.6 Å². The standard InChI is InChI=1S/C30H33BrN4O3/c1-17(2)23-13-21(27(37-5)15-28(23)38-6)16-32-35-30-29(36)26(12-20-8-7-18(3)19(4)11-20)33-25-14-22(31)9-10-24(25)34-30/h7-11,13-17,26,33H,12H2,1-6H3,(H,34,35)/b32-16+. The van der Waals surface area contributed by atoms with Gasteiger partial charge in [0.25, 0.3) is 0 Å². The number of rotatable bonds is 7. The molecule has 38 heavy (non-hydrogen) atoms. The molecule has 0 aliphatic carbocycles. The molecule has 3 aromatic carbocycles. The molecule has 1 heterocycles. The molecule has 0 fully saturated rings. The number of methoxy groups -OCH3 is 2. The maximum atomic E-state index is 13.7. The molecule has 1 aliphatic heterocycles. The van der Waals surface area contributed by atoms with Crippen LogP contribution in [-0.4, -0.2) is 38.1 Å². The van der Waals surface area contributed by atoms with Crippen molar-refractivity contribution < 1.29 is 14.3 Å². The van der Waals surface area contributed by atoms with Gasteiger partial charge in [-0.25, -0.2) is 4.99 Å². The Morgan fingerprint density at radius 2 is 1.82 bits per heavy atom. The highest BCUT2D eigenvalue weighted by molar-refractivity contribution is 9.10. The molecule has 8 heteroatoms. The number of hydrazone groups is 1. The van der Waals surface area contributed by atoms with Crippen molar-refractivity contribution in [2.45, 2.75) is 46.1 Å². The molecule has 0 bridgehead atoms. The van der Waals surface area contributed by atoms with E-state index in [4.69, 9.17) is 9.47 Å². The fourth-order valence-corrected chi connectivity index (χ4v) is 4.73. The van der Waals surface area contributed by atoms with E-state index in [1.54, 1.807) is 20.4 Å². The summed E-state index contributed by atoms with van der Waals surface area (Å²) in [7, 11) is 3.25. The Labute approximate surface area is 232 Å². The van der Waals surface area contributed by atoms with Crippen LogP contribution >= 0.6 is 15.9 Å². The summed E-state index contributed by atoms with van der Waals surface area (Å²) in [6, 6.07) is 15.3. The SMILES string of the molecule is COc1cc(OC)c(C(C)C)cc1/C=N/NC1=Nc2ccc(Br)cc2NC(Cc2ccc(C)c(C)c2)C1=O. The van der Waals surface area contributed by atoms with Crippen molar-refractivity contribution in [2.24, 2.45) is 10.1 Å². The maximum absolute atomic E-state index is 13.7. The molecule has 1 unspecified atom stereocenters. The summed E-state index contributed by atoms with van der Waals surface area (Å²) >= 11 is 3.52. The normalized spacial score (nSPS) is 15.1. The highest BCUT2D eigenvalue weighted by atomic mass is 79.9. The van der Waals surface area contributed by atoms with E-state index in [-0.39, 0.29) is 17.5 Å². The van der Waals surface area contributed by atoms with Gasteiger partial charge in [-0.2, -0.15) is 5.10 Å². The lowest BCUT2D eigenvalue weighted by atomic mass is 9.98. The zero-order valence-electron chi connectivity index (χ0n) is 22.6. The zero-order chi connectivity index (χ0) is 27.4. The van der Waals surface area contributed by atoms with Crippen LogP contribution in [-0.2, 0) is 11.2 Å². The van der Waals surface area contributed by atoms with Gasteiger partial charge in [-0.05, 0) is 66.3 Å². The van der Waals surface area contributed by atoms with Gasteiger partial charge in [0.2, 0.25) is 5.78 Å². The Balaban J connectivity index is 1.66. The number of aryl methyl sites for hydroxylation is 2. The number of ether oxygens (including phenoxy) is 2. The zero-order valence-corrected chi connectivity index (χ0v) is 24.1. The number of anilines is 1. The predicted octanol–water partition coefficient (Wildman–Crippen LogP) is 6.47. The number of hydrogen-bond acceptors (Lipinski definition) is 7. The third-order valence-electron chi connectivity index (χ3n) is 6.66. The molecule has 0 amide bonds. The fourth-order valence-electron chi connectivity index (χ4n) is 4.37. The van der Waals surface area contributed by atoms with Gasteiger partial charge < -0.3 is 14.8 Å². The summed E-state index contributed by atoms with van der Waals surface area (Å²) in [4.78, 5) is 18.3. The van der Waals surface area contributed by atoms with E-state index >= 15 is 0 Å². The van der Waals surface area contributed by atoms with Crippen molar-refractivity contribution in [1.29, 1.82) is 0 Å². The van der Waals surface area contributed by atoms with Crippen molar-refractivity contribution in [3.05, 3.63) is 80.8 Å². The van der Waals surface area contributed by atoms with E-state index in [1.165, 1.54) is 11.1 Å². The molecule has 198 valence electrons. The second-order valence-electron chi connectivity index (χ2n) is 9.67. The molecule has 2 N–H and O–H groups in total. The summed E-state index contributed by atoms with van der Waals surface area (Å²) in [5.41, 5.74) is 9.63. The van der Waals surface area contributed by atoms with Crippen molar-refractivity contribution in [3.8, 4) is 11.5 Å². The molecule has 0 saturated heterocycles. The first-order valence-corrected chi connectivity index (χ1v) is 13.3. The summed E-state index contributed by atoms with van der Waals surface area (Å²) in [6.07, 6.45) is 2.15. The molecule has 1 aliphatic rings. The molecule has 0 spiro atoms. The van der Waals surface area contributed by atoms with Gasteiger partial charge in [-0.1, -0.05) is 48.0 Å². The number of benzene rings is 3. The number of carbonyl (C=O) groups excluding carboxylic acids is 1. The van der Waals surface area contributed by atoms with Gasteiger partial charge >= 0.3 is 0 Å². The summed E-state index contributed by atoms with van der Waals surface area (Å²) < 4.78 is 12.0. The number of amidine groups is 1. The minimum atomic E-state index is -0.517. The number of hydrogen-bond donors (Lipinski definition) is 2. The van der Waals surface area contributed by atoms with E-state index < -0.39 is 6.04 Å². The van der Waals surface area contributed by atoms with Crippen LogP contribution in [0, 0.1) is 13.8 Å². The fraction of sp³-hybridized carbons (Fsp3) is 0.300. The Morgan fingerprint density at radius 3 is 2.50 bits per heavy atom. The van der Waals surface area contributed by atoms with Gasteiger partial charge in [0.1, 0.15) is 11.5 Å². The largest absolute Gasteiger partial charge is 0.496 e. The van der Waals surface area contributed by atoms with Gasteiger partial charge in [0, 0.05) is 22.5 Å². The van der Waals surface area contributed by atoms with Crippen molar-refractivity contribution in [2.75, 3.05) is 19.5 Å². The van der Waals surface area contributed by atoms with Crippen LogP contribution in [0.15, 0.2) is 63.1 Å². The first-order chi connectivity index (χ1) is 18.2. The smallest absolute Gasteiger partial charge is 0.221 e. The highest BCUT2D eigenvalue weighted by Gasteiger charge is 2.28. The van der Waals surface area contributed by atoms with Gasteiger partial charge in [-0.15, -0.1) is 0 Å². The van der Waals surface area contributed by atoms with Crippen LogP contribution in [0.5, 0.6) is 11.5 Å². The van der Waals surface area contributed by atoms with Crippen LogP contribution < -0.4 is 20.2 Å². The lowest BCUT2D eigenvalue weighted by Crippen LogP contribution is -2.40. The molecule has 0 radical (unpaired) electrons. The Bertz CT molecular complexity index is 1410. The molecular weight excluding hydrogens is 544 g/mol. The number of aliphatic imine (C=N–C) groups is 1. The average Bonchev–Trinajstić information content (AvgIpc) is 3.01. The number of halogens is 1. The average molecular weight is 578 g/mol. The molecule has 4 rings (SSSR count). The third-order valence-corrected chi connectivity index (χ3v) is 7.15. The third kappa shape index (κ3) is 6.07. The first kappa shape index (κ1) is 27.4. The minimum Gasteiger partial charge on any atom is -0.496 e. The number of ketones is 1. The highest BCUT2D eigenvalue weighted by Crippen LogP contribution is 2.33. The monoisotopic (exact) mass is 576 g/mol. The van der Waals surface area contributed by atoms with E-state index in [0.717, 1.165) is 32.6 Å². The Kier molecular flexibility index (Phi) is 8.52. The van der Waals surface area contributed by atoms with E-state index in [0.29, 0.717) is 17.9 Å². The van der Waals surface area contributed by atoms with Gasteiger partial charge in [0.05, 0.1) is 37.9 Å². The van der Waals surface area contributed by atoms with Crippen LogP contribution in [0.3, 0.4) is 0 Å². The van der Waals surface area contributed by atoms with E-state index in [2.05, 4.69) is 82.7 Å². The molecule has 0 aromatic heterocycles. The number of nitrogens with zero attached hydrogens (tertiary/aromatic N) is 2. The second-order valence-corrected chi connectivity index (χ2v) is 10.6. The quantitative estimate of drug-likeness (QED) is 0.249. The number of carbonyl (C=O) groups is 1. The van der Waals surface area contributed by atoms with Crippen molar-refractivity contribution in [3.63, 3.8) is 0 Å². The van der Waals surface area contributed by atoms with Crippen LogP contribution in [0.25, 0.3) is 0 Å². The van der Waals surface area contributed by atoms with Gasteiger partial charge in [-0.3, -0.25) is 10.2 Å². The molecular formula is C30H33BrN4O3. The number of nitrogens with one attached hydrogen (secondary N) is 2. The summed E-state index contributed by atoms with van der Waals surface area (Å²) in [5, 5.41) is 7.80. The molecule has 0 saturated carbocycles. The molecule has 1 atom stereocenters. The van der Waals surface area contributed by atoms with Crippen molar-refractivity contribution in [1.82, 2.24) is 5.43 Å². The topological polar surface area (TPSA) is 84.3 Å². The second kappa shape index (κ2) is 11.8. The maximum Gasteiger partial charge on any atom is 0.221 e. The molecule has 3 aromatic rings. The number of Topliss-reactive ketones (excluding diaryl/α,β-unsaturated/α-hetero) is 1. The van der Waals surface area contributed by atoms with Gasteiger partial charge in [0.15, 0.2) is 5.84 Å². The summed E-state index contributed by atoms with van der Waals surface area (Å²) in [5.74, 6) is 1.62. The first-order valence-electron chi connectivity index (χ1n) is 12.5. The van der Waals surface area contributed by atoms with E-state index in [9.17, 15) is 4.79 Å². The lowest BCUT2D eigenvalue weighted by molar-refractivity contribution is -0.113.